The summed E-state index contributed by atoms with van der Waals surface area (Å²) in [5.74, 6) is 1.03. The molecule has 0 radical (unpaired) electrons. The lowest BCUT2D eigenvalue weighted by molar-refractivity contribution is -0.124. The van der Waals surface area contributed by atoms with Crippen molar-refractivity contribution in [3.63, 3.8) is 0 Å². The van der Waals surface area contributed by atoms with E-state index in [9.17, 15) is 4.79 Å². The molecule has 1 amide bonds. The monoisotopic (exact) mass is 263 g/mol. The van der Waals surface area contributed by atoms with Crippen LogP contribution in [0.5, 0.6) is 0 Å². The zero-order valence-electron chi connectivity index (χ0n) is 10.6. The Balaban J connectivity index is 1.75. The lowest BCUT2D eigenvalue weighted by atomic mass is 10.2. The molecular weight excluding hydrogens is 246 g/mol. The summed E-state index contributed by atoms with van der Waals surface area (Å²) in [4.78, 5) is 14.1. The van der Waals surface area contributed by atoms with Gasteiger partial charge in [0.25, 0.3) is 0 Å². The van der Waals surface area contributed by atoms with Gasteiger partial charge in [-0.05, 0) is 25.0 Å². The fourth-order valence-corrected chi connectivity index (χ4v) is 2.11. The van der Waals surface area contributed by atoms with Crippen LogP contribution in [-0.4, -0.2) is 47.9 Å². The minimum atomic E-state index is -0.340. The average Bonchev–Trinajstić information content (AvgIpc) is 3.23. The lowest BCUT2D eigenvalue weighted by Gasteiger charge is -2.35. The van der Waals surface area contributed by atoms with E-state index < -0.39 is 0 Å². The molecule has 1 saturated carbocycles. The minimum Gasteiger partial charge on any atom is -0.382 e. The van der Waals surface area contributed by atoms with Gasteiger partial charge in [-0.3, -0.25) is 4.79 Å². The van der Waals surface area contributed by atoms with Crippen molar-refractivity contribution in [2.45, 2.75) is 24.9 Å². The Labute approximate surface area is 111 Å². The van der Waals surface area contributed by atoms with Gasteiger partial charge in [0, 0.05) is 12.6 Å². The summed E-state index contributed by atoms with van der Waals surface area (Å²) in [6, 6.07) is 3.47. The van der Waals surface area contributed by atoms with Gasteiger partial charge in [-0.15, -0.1) is 10.2 Å². The molecule has 7 nitrogen and oxygen atoms in total. The summed E-state index contributed by atoms with van der Waals surface area (Å²) in [5.41, 5.74) is 5.53. The molecule has 102 valence electrons. The molecule has 2 fully saturated rings. The van der Waals surface area contributed by atoms with E-state index in [0.29, 0.717) is 37.4 Å². The Morgan fingerprint density at radius 1 is 1.42 bits per heavy atom. The molecule has 3 N–H and O–H groups in total. The van der Waals surface area contributed by atoms with Crippen LogP contribution in [0.25, 0.3) is 0 Å². The summed E-state index contributed by atoms with van der Waals surface area (Å²) >= 11 is 0. The molecule has 1 atom stereocenters. The number of carbonyl (C=O) groups is 1. The van der Waals surface area contributed by atoms with Gasteiger partial charge in [0.05, 0.1) is 13.2 Å². The highest BCUT2D eigenvalue weighted by atomic mass is 16.5. The Hall–Kier alpha value is -1.89. The number of morpholine rings is 1. The van der Waals surface area contributed by atoms with E-state index in [1.54, 1.807) is 12.1 Å². The zero-order chi connectivity index (χ0) is 13.2. The van der Waals surface area contributed by atoms with Crippen molar-refractivity contribution >= 4 is 17.5 Å². The van der Waals surface area contributed by atoms with E-state index in [-0.39, 0.29) is 11.9 Å². The number of aromatic nitrogens is 2. The van der Waals surface area contributed by atoms with Gasteiger partial charge in [-0.25, -0.2) is 0 Å². The normalized spacial score (nSPS) is 23.2. The van der Waals surface area contributed by atoms with Crippen molar-refractivity contribution < 1.29 is 9.53 Å². The van der Waals surface area contributed by atoms with E-state index in [2.05, 4.69) is 15.5 Å². The number of nitrogens with two attached hydrogens (primary N) is 1. The van der Waals surface area contributed by atoms with Crippen LogP contribution in [0, 0.1) is 0 Å². The number of carbonyl (C=O) groups excluding carboxylic acids is 1. The molecule has 0 bridgehead atoms. The van der Waals surface area contributed by atoms with Gasteiger partial charge in [-0.2, -0.15) is 0 Å². The molecule has 1 saturated heterocycles. The second kappa shape index (κ2) is 5.00. The predicted octanol–water partition coefficient (Wildman–Crippen LogP) is -0.457. The first-order chi connectivity index (χ1) is 9.24. The zero-order valence-corrected chi connectivity index (χ0v) is 10.6. The molecule has 1 aromatic heterocycles. The van der Waals surface area contributed by atoms with Crippen molar-refractivity contribution in [2.24, 2.45) is 0 Å². The van der Waals surface area contributed by atoms with Gasteiger partial charge >= 0.3 is 0 Å². The second-order valence-electron chi connectivity index (χ2n) is 4.88. The fourth-order valence-electron chi connectivity index (χ4n) is 2.11. The first-order valence-electron chi connectivity index (χ1n) is 6.48. The summed E-state index contributed by atoms with van der Waals surface area (Å²) in [6.07, 6.45) is 2.14. The van der Waals surface area contributed by atoms with Gasteiger partial charge in [-0.1, -0.05) is 0 Å². The fraction of sp³-hybridized carbons (Fsp3) is 0.583. The van der Waals surface area contributed by atoms with Crippen molar-refractivity contribution in [1.29, 1.82) is 0 Å². The third-order valence-electron chi connectivity index (χ3n) is 3.32. The van der Waals surface area contributed by atoms with Crippen molar-refractivity contribution in [3.8, 4) is 0 Å². The topological polar surface area (TPSA) is 93.4 Å². The van der Waals surface area contributed by atoms with Crippen molar-refractivity contribution in [3.05, 3.63) is 12.1 Å². The number of anilines is 2. The quantitative estimate of drug-likeness (QED) is 0.766. The Bertz CT molecular complexity index is 460. The molecule has 0 spiro atoms. The number of nitrogens with zero attached hydrogens (tertiary/aromatic N) is 3. The molecule has 1 aliphatic heterocycles. The molecule has 3 rings (SSSR count). The van der Waals surface area contributed by atoms with Gasteiger partial charge < -0.3 is 20.7 Å². The number of ether oxygens (including phenoxy) is 1. The maximum Gasteiger partial charge on any atom is 0.245 e. The molecule has 2 aliphatic rings. The van der Waals surface area contributed by atoms with Crippen LogP contribution in [0.2, 0.25) is 0 Å². The maximum absolute atomic E-state index is 12.2. The number of nitrogen functional groups attached to an aromatic ring is 1. The first-order valence-corrected chi connectivity index (χ1v) is 6.48. The van der Waals surface area contributed by atoms with E-state index in [1.165, 1.54) is 0 Å². The highest BCUT2D eigenvalue weighted by Gasteiger charge is 2.33. The summed E-state index contributed by atoms with van der Waals surface area (Å²) < 4.78 is 5.41. The second-order valence-corrected chi connectivity index (χ2v) is 4.88. The third kappa shape index (κ3) is 2.76. The molecule has 7 heteroatoms. The van der Waals surface area contributed by atoms with Crippen molar-refractivity contribution in [2.75, 3.05) is 30.4 Å². The molecule has 2 heterocycles. The number of amides is 1. The first kappa shape index (κ1) is 12.2. The Morgan fingerprint density at radius 2 is 2.26 bits per heavy atom. The predicted molar refractivity (Wildman–Crippen MR) is 69.6 cm³/mol. The average molecular weight is 263 g/mol. The molecule has 1 unspecified atom stereocenters. The Morgan fingerprint density at radius 3 is 2.95 bits per heavy atom. The minimum absolute atomic E-state index is 0.000764. The number of nitrogens with one attached hydrogen (secondary N) is 1. The van der Waals surface area contributed by atoms with Crippen LogP contribution < -0.4 is 16.0 Å². The molecule has 19 heavy (non-hydrogen) atoms. The van der Waals surface area contributed by atoms with Gasteiger partial charge in [0.1, 0.15) is 11.9 Å². The van der Waals surface area contributed by atoms with Crippen LogP contribution in [0.4, 0.5) is 11.6 Å². The van der Waals surface area contributed by atoms with Crippen molar-refractivity contribution in [1.82, 2.24) is 15.5 Å². The molecule has 1 aromatic rings. The van der Waals surface area contributed by atoms with Crippen LogP contribution in [-0.2, 0) is 9.53 Å². The smallest absolute Gasteiger partial charge is 0.245 e. The summed E-state index contributed by atoms with van der Waals surface area (Å²) in [5, 5.41) is 10.9. The van der Waals surface area contributed by atoms with E-state index >= 15 is 0 Å². The van der Waals surface area contributed by atoms with E-state index in [0.717, 1.165) is 12.8 Å². The van der Waals surface area contributed by atoms with Crippen LogP contribution in [0.3, 0.4) is 0 Å². The molecular formula is C12H17N5O2. The van der Waals surface area contributed by atoms with Crippen LogP contribution in [0.1, 0.15) is 12.8 Å². The highest BCUT2D eigenvalue weighted by molar-refractivity contribution is 5.85. The number of rotatable bonds is 3. The number of hydrogen-bond donors (Lipinski definition) is 2. The van der Waals surface area contributed by atoms with Gasteiger partial charge in [0.2, 0.25) is 5.91 Å². The highest BCUT2D eigenvalue weighted by Crippen LogP contribution is 2.21. The van der Waals surface area contributed by atoms with E-state index in [1.807, 2.05) is 4.90 Å². The van der Waals surface area contributed by atoms with Crippen LogP contribution in [0.15, 0.2) is 12.1 Å². The maximum atomic E-state index is 12.2. The SMILES string of the molecule is Nc1ccc(N2CCOCC2C(=O)NC2CC2)nn1. The lowest BCUT2D eigenvalue weighted by Crippen LogP contribution is -2.54. The summed E-state index contributed by atoms with van der Waals surface area (Å²) in [7, 11) is 0. The largest absolute Gasteiger partial charge is 0.382 e. The van der Waals surface area contributed by atoms with Crippen LogP contribution >= 0.6 is 0 Å². The standard InChI is InChI=1S/C12H17N5O2/c13-10-3-4-11(16-15-10)17-5-6-19-7-9(17)12(18)14-8-1-2-8/h3-4,8-9H,1-2,5-7H2,(H2,13,15)(H,14,18). The summed E-state index contributed by atoms with van der Waals surface area (Å²) in [6.45, 7) is 1.59. The molecule has 1 aliphatic carbocycles. The number of hydrogen-bond acceptors (Lipinski definition) is 6. The van der Waals surface area contributed by atoms with Gasteiger partial charge in [0.15, 0.2) is 5.82 Å². The molecule has 0 aromatic carbocycles. The third-order valence-corrected chi connectivity index (χ3v) is 3.32. The van der Waals surface area contributed by atoms with E-state index in [4.69, 9.17) is 10.5 Å². The Kier molecular flexibility index (Phi) is 3.20.